The quantitative estimate of drug-likeness (QED) is 0.493. The van der Waals surface area contributed by atoms with Gasteiger partial charge in [0.2, 0.25) is 0 Å². The van der Waals surface area contributed by atoms with Crippen LogP contribution in [0.25, 0.3) is 16.5 Å². The Balaban J connectivity index is 1.39. The van der Waals surface area contributed by atoms with Gasteiger partial charge in [0.25, 0.3) is 5.91 Å². The highest BCUT2D eigenvalue weighted by molar-refractivity contribution is 6.04. The van der Waals surface area contributed by atoms with E-state index in [1.54, 1.807) is 35.1 Å². The first-order valence-corrected chi connectivity index (χ1v) is 9.41. The molecule has 0 aliphatic heterocycles. The van der Waals surface area contributed by atoms with Gasteiger partial charge >= 0.3 is 0 Å². The van der Waals surface area contributed by atoms with Crippen molar-refractivity contribution in [1.29, 1.82) is 0 Å². The lowest BCUT2D eigenvalue weighted by Gasteiger charge is -2.11. The van der Waals surface area contributed by atoms with Crippen LogP contribution in [0.15, 0.2) is 85.3 Å². The molecule has 0 aliphatic carbocycles. The third-order valence-corrected chi connectivity index (χ3v) is 4.88. The van der Waals surface area contributed by atoms with Crippen molar-refractivity contribution in [2.45, 2.75) is 6.54 Å². The number of aromatic nitrogens is 6. The van der Waals surface area contributed by atoms with Gasteiger partial charge in [0.15, 0.2) is 0 Å². The molecule has 0 spiro atoms. The topological polar surface area (TPSA) is 90.5 Å². The lowest BCUT2D eigenvalue weighted by molar-refractivity contribution is 0.102. The maximum atomic E-state index is 12.8. The maximum Gasteiger partial charge on any atom is 0.256 e. The molecule has 8 heteroatoms. The van der Waals surface area contributed by atoms with E-state index >= 15 is 0 Å². The molecule has 30 heavy (non-hydrogen) atoms. The van der Waals surface area contributed by atoms with Crippen LogP contribution in [0.2, 0.25) is 0 Å². The molecule has 2 heterocycles. The molecule has 0 saturated heterocycles. The third kappa shape index (κ3) is 3.42. The number of hydrogen-bond donors (Lipinski definition) is 1. The van der Waals surface area contributed by atoms with E-state index in [1.165, 1.54) is 21.8 Å². The second kappa shape index (κ2) is 7.59. The first kappa shape index (κ1) is 17.7. The van der Waals surface area contributed by atoms with Crippen LogP contribution < -0.4 is 5.32 Å². The van der Waals surface area contributed by atoms with Crippen LogP contribution in [-0.2, 0) is 6.54 Å². The summed E-state index contributed by atoms with van der Waals surface area (Å²) in [7, 11) is 0. The molecule has 5 aromatic rings. The Morgan fingerprint density at radius 1 is 0.967 bits per heavy atom. The molecule has 0 fully saturated rings. The minimum absolute atomic E-state index is 0.232. The van der Waals surface area contributed by atoms with Gasteiger partial charge in [0.05, 0.1) is 18.4 Å². The predicted molar refractivity (Wildman–Crippen MR) is 112 cm³/mol. The maximum absolute atomic E-state index is 12.8. The summed E-state index contributed by atoms with van der Waals surface area (Å²) in [4.78, 5) is 12.8. The van der Waals surface area contributed by atoms with Crippen LogP contribution in [0.4, 0.5) is 5.82 Å². The van der Waals surface area contributed by atoms with Crippen LogP contribution in [0.5, 0.6) is 0 Å². The van der Waals surface area contributed by atoms with Crippen LogP contribution in [0, 0.1) is 0 Å². The Kier molecular flexibility index (Phi) is 4.49. The minimum atomic E-state index is -0.232. The Morgan fingerprint density at radius 3 is 2.73 bits per heavy atom. The van der Waals surface area contributed by atoms with Crippen LogP contribution >= 0.6 is 0 Å². The van der Waals surface area contributed by atoms with E-state index in [0.717, 1.165) is 5.56 Å². The van der Waals surface area contributed by atoms with Gasteiger partial charge in [0, 0.05) is 11.6 Å². The van der Waals surface area contributed by atoms with Crippen molar-refractivity contribution < 1.29 is 4.79 Å². The van der Waals surface area contributed by atoms with E-state index < -0.39 is 0 Å². The third-order valence-electron chi connectivity index (χ3n) is 4.88. The molecule has 0 unspecified atom stereocenters. The molecule has 0 atom stereocenters. The smallest absolute Gasteiger partial charge is 0.256 e. The number of carbonyl (C=O) groups is 1. The minimum Gasteiger partial charge on any atom is -0.307 e. The monoisotopic (exact) mass is 395 g/mol. The van der Waals surface area contributed by atoms with Crippen LogP contribution in [0.1, 0.15) is 15.9 Å². The summed E-state index contributed by atoms with van der Waals surface area (Å²) in [6.07, 6.45) is 3.16. The SMILES string of the molecule is O=C(Nc1ccnn1Cc1cccc2ccccc12)c1cccc(-n2cnnn2)c1. The van der Waals surface area contributed by atoms with E-state index in [4.69, 9.17) is 0 Å². The number of carbonyl (C=O) groups excluding carboxylic acids is 1. The molecule has 5 rings (SSSR count). The number of tetrazole rings is 1. The van der Waals surface area contributed by atoms with E-state index in [9.17, 15) is 4.79 Å². The highest BCUT2D eigenvalue weighted by atomic mass is 16.1. The summed E-state index contributed by atoms with van der Waals surface area (Å²) in [5.74, 6) is 0.394. The lowest BCUT2D eigenvalue weighted by atomic mass is 10.0. The second-order valence-corrected chi connectivity index (χ2v) is 6.77. The van der Waals surface area contributed by atoms with Crippen LogP contribution in [0.3, 0.4) is 0 Å². The summed E-state index contributed by atoms with van der Waals surface area (Å²) in [6.45, 7) is 0.550. The molecule has 0 bridgehead atoms. The van der Waals surface area contributed by atoms with Gasteiger partial charge in [-0.05, 0) is 45.0 Å². The van der Waals surface area contributed by atoms with E-state index in [-0.39, 0.29) is 5.91 Å². The second-order valence-electron chi connectivity index (χ2n) is 6.77. The van der Waals surface area contributed by atoms with Crippen molar-refractivity contribution in [3.05, 3.63) is 96.4 Å². The number of amides is 1. The van der Waals surface area contributed by atoms with E-state index in [0.29, 0.717) is 23.6 Å². The molecule has 0 aliphatic rings. The van der Waals surface area contributed by atoms with Crippen molar-refractivity contribution in [1.82, 2.24) is 30.0 Å². The van der Waals surface area contributed by atoms with Crippen molar-refractivity contribution in [3.8, 4) is 5.69 Å². The predicted octanol–water partition coefficient (Wildman–Crippen LogP) is 3.31. The standard InChI is InChI=1S/C22H17N7O/c30-22(17-7-4-9-19(13-17)29-15-23-26-27-29)25-21-11-12-24-28(21)14-18-8-3-6-16-5-1-2-10-20(16)18/h1-13,15H,14H2,(H,25,30). The van der Waals surface area contributed by atoms with Crippen molar-refractivity contribution in [3.63, 3.8) is 0 Å². The van der Waals surface area contributed by atoms with Gasteiger partial charge in [-0.3, -0.25) is 4.79 Å². The fraction of sp³-hybridized carbons (Fsp3) is 0.0455. The molecule has 8 nitrogen and oxygen atoms in total. The number of nitrogens with one attached hydrogen (secondary N) is 1. The molecule has 3 aromatic carbocycles. The van der Waals surface area contributed by atoms with E-state index in [2.05, 4.69) is 50.2 Å². The van der Waals surface area contributed by atoms with Gasteiger partial charge in [0.1, 0.15) is 12.1 Å². The average Bonchev–Trinajstić information content (AvgIpc) is 3.47. The fourth-order valence-electron chi connectivity index (χ4n) is 3.41. The molecule has 2 aromatic heterocycles. The highest BCUT2D eigenvalue weighted by Gasteiger charge is 2.12. The molecular weight excluding hydrogens is 378 g/mol. The zero-order valence-electron chi connectivity index (χ0n) is 15.9. The summed E-state index contributed by atoms with van der Waals surface area (Å²) in [5, 5.41) is 20.8. The van der Waals surface area contributed by atoms with Crippen molar-refractivity contribution >= 4 is 22.5 Å². The molecular formula is C22H17N7O. The van der Waals surface area contributed by atoms with Crippen molar-refractivity contribution in [2.24, 2.45) is 0 Å². The Morgan fingerprint density at radius 2 is 1.83 bits per heavy atom. The van der Waals surface area contributed by atoms with E-state index in [1.807, 2.05) is 24.3 Å². The first-order valence-electron chi connectivity index (χ1n) is 9.41. The number of fused-ring (bicyclic) bond motifs is 1. The zero-order valence-corrected chi connectivity index (χ0v) is 15.9. The molecule has 0 saturated carbocycles. The Labute approximate surface area is 171 Å². The highest BCUT2D eigenvalue weighted by Crippen LogP contribution is 2.21. The van der Waals surface area contributed by atoms with Crippen LogP contribution in [-0.4, -0.2) is 35.9 Å². The first-order chi connectivity index (χ1) is 14.8. The van der Waals surface area contributed by atoms with Gasteiger partial charge in [-0.2, -0.15) is 5.10 Å². The summed E-state index contributed by atoms with van der Waals surface area (Å²) >= 11 is 0. The number of rotatable bonds is 5. The summed E-state index contributed by atoms with van der Waals surface area (Å²) in [6, 6.07) is 23.3. The normalized spacial score (nSPS) is 10.9. The average molecular weight is 395 g/mol. The lowest BCUT2D eigenvalue weighted by Crippen LogP contribution is -2.16. The van der Waals surface area contributed by atoms with Gasteiger partial charge < -0.3 is 5.32 Å². The summed E-state index contributed by atoms with van der Waals surface area (Å²) in [5.41, 5.74) is 2.34. The van der Waals surface area contributed by atoms with Gasteiger partial charge in [-0.15, -0.1) is 5.10 Å². The van der Waals surface area contributed by atoms with Crippen molar-refractivity contribution in [2.75, 3.05) is 5.32 Å². The molecule has 146 valence electrons. The largest absolute Gasteiger partial charge is 0.307 e. The number of benzene rings is 3. The molecule has 0 radical (unpaired) electrons. The zero-order chi connectivity index (χ0) is 20.3. The number of hydrogen-bond acceptors (Lipinski definition) is 5. The number of nitrogens with zero attached hydrogens (tertiary/aromatic N) is 6. The Bertz CT molecular complexity index is 1320. The number of anilines is 1. The Hall–Kier alpha value is -4.33. The summed E-state index contributed by atoms with van der Waals surface area (Å²) < 4.78 is 3.28. The van der Waals surface area contributed by atoms with Gasteiger partial charge in [-0.1, -0.05) is 48.5 Å². The molecule has 1 N–H and O–H groups in total. The fourth-order valence-corrected chi connectivity index (χ4v) is 3.41. The van der Waals surface area contributed by atoms with Gasteiger partial charge in [-0.25, -0.2) is 9.36 Å². The molecule has 1 amide bonds.